The lowest BCUT2D eigenvalue weighted by molar-refractivity contribution is -0.116. The molecule has 34 heavy (non-hydrogen) atoms. The van der Waals surface area contributed by atoms with Gasteiger partial charge in [-0.2, -0.15) is 9.40 Å². The van der Waals surface area contributed by atoms with E-state index in [4.69, 9.17) is 4.74 Å². The first kappa shape index (κ1) is 24.2. The summed E-state index contributed by atoms with van der Waals surface area (Å²) in [5, 5.41) is 7.32. The van der Waals surface area contributed by atoms with Crippen molar-refractivity contribution >= 4 is 27.3 Å². The molecular weight excluding hydrogens is 454 g/mol. The van der Waals surface area contributed by atoms with Gasteiger partial charge in [0.05, 0.1) is 12.8 Å². The number of piperidine rings is 1. The topological polar surface area (TPSA) is 106 Å². The van der Waals surface area contributed by atoms with Gasteiger partial charge in [0.15, 0.2) is 5.65 Å². The fraction of sp³-hybridized carbons (Fsp3) is 0.458. The number of fused-ring (bicyclic) bond motifs is 1. The standard InChI is InChI=1S/C24H31N5O4S/c1-16-14-23-25-17(2)20(18(3)29(23)27-16)9-11-24(30)26-19-8-10-21(33-4)22(15-19)34(31,32)28-12-6-5-7-13-28/h8,10,14-15H,5-7,9,11-13H2,1-4H3,(H,26,30). The Labute approximate surface area is 200 Å². The molecular formula is C24H31N5O4S. The van der Waals surface area contributed by atoms with E-state index in [-0.39, 0.29) is 23.0 Å². The number of rotatable bonds is 7. The Bertz CT molecular complexity index is 1330. The number of carbonyl (C=O) groups excluding carboxylic acids is 1. The number of sulfonamides is 1. The van der Waals surface area contributed by atoms with Gasteiger partial charge in [0.2, 0.25) is 15.9 Å². The third kappa shape index (κ3) is 4.78. The second-order valence-corrected chi connectivity index (χ2v) is 10.6. The van der Waals surface area contributed by atoms with Crippen molar-refractivity contribution in [3.8, 4) is 5.75 Å². The lowest BCUT2D eigenvalue weighted by atomic mass is 10.1. The van der Waals surface area contributed by atoms with Gasteiger partial charge in [0.1, 0.15) is 10.6 Å². The zero-order valence-corrected chi connectivity index (χ0v) is 20.9. The summed E-state index contributed by atoms with van der Waals surface area (Å²) in [6, 6.07) is 6.65. The highest BCUT2D eigenvalue weighted by atomic mass is 32.2. The number of anilines is 1. The molecule has 1 saturated heterocycles. The van der Waals surface area contributed by atoms with E-state index in [9.17, 15) is 13.2 Å². The van der Waals surface area contributed by atoms with Gasteiger partial charge in [0.25, 0.3) is 0 Å². The Morgan fingerprint density at radius 3 is 2.56 bits per heavy atom. The number of nitrogens with one attached hydrogen (secondary N) is 1. The van der Waals surface area contributed by atoms with E-state index in [0.717, 1.165) is 47.6 Å². The Hall–Kier alpha value is -2.98. The Morgan fingerprint density at radius 1 is 1.12 bits per heavy atom. The fourth-order valence-electron chi connectivity index (χ4n) is 4.47. The minimum absolute atomic E-state index is 0.0742. The molecule has 3 heterocycles. The molecule has 1 amide bonds. The maximum absolute atomic E-state index is 13.2. The maximum atomic E-state index is 13.2. The largest absolute Gasteiger partial charge is 0.495 e. The van der Waals surface area contributed by atoms with Crippen LogP contribution in [0.5, 0.6) is 5.75 Å². The number of aromatic nitrogens is 3. The van der Waals surface area contributed by atoms with Gasteiger partial charge in [-0.25, -0.2) is 17.9 Å². The van der Waals surface area contributed by atoms with Gasteiger partial charge in [-0.15, -0.1) is 0 Å². The molecule has 0 aliphatic carbocycles. The average molecular weight is 486 g/mol. The van der Waals surface area contributed by atoms with Crippen molar-refractivity contribution in [3.63, 3.8) is 0 Å². The number of hydrogen-bond donors (Lipinski definition) is 1. The van der Waals surface area contributed by atoms with Crippen molar-refractivity contribution in [2.45, 2.75) is 57.8 Å². The predicted molar refractivity (Wildman–Crippen MR) is 130 cm³/mol. The van der Waals surface area contributed by atoms with Crippen LogP contribution in [0.1, 0.15) is 48.3 Å². The molecule has 1 N–H and O–H groups in total. The van der Waals surface area contributed by atoms with E-state index in [1.807, 2.05) is 26.8 Å². The van der Waals surface area contributed by atoms with Crippen molar-refractivity contribution < 1.29 is 17.9 Å². The number of hydrogen-bond acceptors (Lipinski definition) is 6. The van der Waals surface area contributed by atoms with Crippen LogP contribution >= 0.6 is 0 Å². The molecule has 0 saturated carbocycles. The monoisotopic (exact) mass is 485 g/mol. The summed E-state index contributed by atoms with van der Waals surface area (Å²) >= 11 is 0. The van der Waals surface area contributed by atoms with E-state index < -0.39 is 10.0 Å². The molecule has 4 rings (SSSR count). The summed E-state index contributed by atoms with van der Waals surface area (Å²) < 4.78 is 35.0. The summed E-state index contributed by atoms with van der Waals surface area (Å²) in [6.45, 7) is 6.82. The quantitative estimate of drug-likeness (QED) is 0.550. The number of nitrogens with zero attached hydrogens (tertiary/aromatic N) is 4. The highest BCUT2D eigenvalue weighted by Gasteiger charge is 2.29. The van der Waals surface area contributed by atoms with Crippen molar-refractivity contribution in [2.75, 3.05) is 25.5 Å². The molecule has 0 atom stereocenters. The van der Waals surface area contributed by atoms with Gasteiger partial charge in [-0.3, -0.25) is 4.79 Å². The molecule has 0 bridgehead atoms. The lowest BCUT2D eigenvalue weighted by Gasteiger charge is -2.26. The normalized spacial score (nSPS) is 14.9. The first-order chi connectivity index (χ1) is 16.2. The number of ether oxygens (including phenoxy) is 1. The van der Waals surface area contributed by atoms with Crippen LogP contribution in [0, 0.1) is 20.8 Å². The summed E-state index contributed by atoms with van der Waals surface area (Å²) in [5.74, 6) is 0.0609. The Kier molecular flexibility index (Phi) is 6.90. The van der Waals surface area contributed by atoms with E-state index in [2.05, 4.69) is 15.4 Å². The average Bonchev–Trinajstić information content (AvgIpc) is 3.19. The van der Waals surface area contributed by atoms with Gasteiger partial charge in [0, 0.05) is 42.7 Å². The second-order valence-electron chi connectivity index (χ2n) is 8.70. The molecule has 10 heteroatoms. The minimum atomic E-state index is -3.71. The highest BCUT2D eigenvalue weighted by Crippen LogP contribution is 2.31. The number of benzene rings is 1. The van der Waals surface area contributed by atoms with Crippen LogP contribution in [0.25, 0.3) is 5.65 Å². The number of carbonyl (C=O) groups is 1. The van der Waals surface area contributed by atoms with E-state index >= 15 is 0 Å². The third-order valence-corrected chi connectivity index (χ3v) is 8.19. The van der Waals surface area contributed by atoms with Gasteiger partial charge >= 0.3 is 0 Å². The molecule has 0 unspecified atom stereocenters. The van der Waals surface area contributed by atoms with Crippen molar-refractivity contribution in [2.24, 2.45) is 0 Å². The van der Waals surface area contributed by atoms with Crippen LogP contribution in [-0.2, 0) is 21.2 Å². The maximum Gasteiger partial charge on any atom is 0.246 e. The smallest absolute Gasteiger partial charge is 0.246 e. The lowest BCUT2D eigenvalue weighted by Crippen LogP contribution is -2.35. The first-order valence-corrected chi connectivity index (χ1v) is 12.9. The molecule has 1 aromatic carbocycles. The van der Waals surface area contributed by atoms with Crippen molar-refractivity contribution in [1.29, 1.82) is 0 Å². The third-order valence-electron chi connectivity index (χ3n) is 6.27. The van der Waals surface area contributed by atoms with E-state index in [0.29, 0.717) is 25.2 Å². The fourth-order valence-corrected chi connectivity index (χ4v) is 6.16. The zero-order chi connectivity index (χ0) is 24.5. The van der Waals surface area contributed by atoms with Crippen LogP contribution in [0.2, 0.25) is 0 Å². The van der Waals surface area contributed by atoms with Crippen molar-refractivity contribution in [3.05, 3.63) is 46.9 Å². The molecule has 9 nitrogen and oxygen atoms in total. The predicted octanol–water partition coefficient (Wildman–Crippen LogP) is 3.41. The zero-order valence-electron chi connectivity index (χ0n) is 20.1. The van der Waals surface area contributed by atoms with Crippen LogP contribution < -0.4 is 10.1 Å². The van der Waals surface area contributed by atoms with Gasteiger partial charge in [-0.1, -0.05) is 6.42 Å². The molecule has 0 radical (unpaired) electrons. The summed E-state index contributed by atoms with van der Waals surface area (Å²) in [6.07, 6.45) is 3.45. The highest BCUT2D eigenvalue weighted by molar-refractivity contribution is 7.89. The molecule has 182 valence electrons. The Balaban J connectivity index is 1.50. The van der Waals surface area contributed by atoms with Crippen molar-refractivity contribution in [1.82, 2.24) is 18.9 Å². The molecule has 0 spiro atoms. The SMILES string of the molecule is COc1ccc(NC(=O)CCc2c(C)nc3cc(C)nn3c2C)cc1S(=O)(=O)N1CCCCC1. The minimum Gasteiger partial charge on any atom is -0.495 e. The van der Waals surface area contributed by atoms with Crippen LogP contribution in [0.4, 0.5) is 5.69 Å². The van der Waals surface area contributed by atoms with Crippen LogP contribution in [0.15, 0.2) is 29.2 Å². The number of methoxy groups -OCH3 is 1. The van der Waals surface area contributed by atoms with Gasteiger partial charge in [-0.05, 0) is 63.8 Å². The molecule has 2 aromatic heterocycles. The molecule has 1 aliphatic heterocycles. The molecule has 1 aliphatic rings. The first-order valence-electron chi connectivity index (χ1n) is 11.5. The number of amides is 1. The van der Waals surface area contributed by atoms with Crippen LogP contribution in [-0.4, -0.2) is 53.4 Å². The molecule has 3 aromatic rings. The molecule has 1 fully saturated rings. The summed E-state index contributed by atoms with van der Waals surface area (Å²) in [4.78, 5) is 17.4. The van der Waals surface area contributed by atoms with Crippen LogP contribution in [0.3, 0.4) is 0 Å². The Morgan fingerprint density at radius 2 is 1.85 bits per heavy atom. The second kappa shape index (κ2) is 9.71. The summed E-state index contributed by atoms with van der Waals surface area (Å²) in [7, 11) is -2.27. The van der Waals surface area contributed by atoms with E-state index in [1.165, 1.54) is 17.5 Å². The summed E-state index contributed by atoms with van der Waals surface area (Å²) in [5.41, 5.74) is 4.92. The van der Waals surface area contributed by atoms with Gasteiger partial charge < -0.3 is 10.1 Å². The number of aryl methyl sites for hydroxylation is 3. The van der Waals surface area contributed by atoms with E-state index in [1.54, 1.807) is 16.6 Å².